The van der Waals surface area contributed by atoms with Crippen molar-refractivity contribution < 1.29 is 14.7 Å². The molecule has 114 valence electrons. The van der Waals surface area contributed by atoms with Crippen molar-refractivity contribution in [1.29, 1.82) is 0 Å². The fourth-order valence-electron chi connectivity index (χ4n) is 2.09. The Morgan fingerprint density at radius 3 is 2.62 bits per heavy atom. The van der Waals surface area contributed by atoms with E-state index in [9.17, 15) is 9.59 Å². The van der Waals surface area contributed by atoms with Crippen LogP contribution in [0.3, 0.4) is 0 Å². The monoisotopic (exact) mass is 325 g/mol. The Labute approximate surface area is 133 Å². The van der Waals surface area contributed by atoms with Crippen LogP contribution in [0.2, 0.25) is 0 Å². The lowest BCUT2D eigenvalue weighted by Gasteiger charge is -2.20. The maximum absolute atomic E-state index is 11.8. The van der Waals surface area contributed by atoms with Gasteiger partial charge >= 0.3 is 5.97 Å². The van der Waals surface area contributed by atoms with Crippen LogP contribution >= 0.6 is 23.5 Å². The van der Waals surface area contributed by atoms with Gasteiger partial charge in [0.25, 0.3) is 0 Å². The number of carboxylic acids is 1. The van der Waals surface area contributed by atoms with Crippen LogP contribution in [0, 0.1) is 0 Å². The number of hydrogen-bond acceptors (Lipinski definition) is 4. The van der Waals surface area contributed by atoms with Crippen LogP contribution in [0.25, 0.3) is 0 Å². The standard InChI is InChI=1S/C15H19NO3S2/c17-14(9-13-10-20-7-8-21-13)16-6-5-11-1-3-12(4-2-11)15(18)19/h1-4,13H,5-10H2,(H,16,17)(H,18,19). The van der Waals surface area contributed by atoms with Crippen molar-refractivity contribution in [2.24, 2.45) is 0 Å². The molecule has 0 spiro atoms. The Bertz CT molecular complexity index is 484. The Balaban J connectivity index is 1.68. The molecule has 0 saturated carbocycles. The number of carbonyl (C=O) groups is 2. The maximum Gasteiger partial charge on any atom is 0.335 e. The smallest absolute Gasteiger partial charge is 0.335 e. The van der Waals surface area contributed by atoms with Gasteiger partial charge in [-0.25, -0.2) is 4.79 Å². The fourth-order valence-corrected chi connectivity index (χ4v) is 4.77. The van der Waals surface area contributed by atoms with E-state index < -0.39 is 5.97 Å². The number of thioether (sulfide) groups is 2. The number of benzene rings is 1. The van der Waals surface area contributed by atoms with Crippen LogP contribution in [0.5, 0.6) is 0 Å². The highest BCUT2D eigenvalue weighted by atomic mass is 32.2. The first-order valence-electron chi connectivity index (χ1n) is 6.93. The van der Waals surface area contributed by atoms with Gasteiger partial charge in [-0.05, 0) is 24.1 Å². The zero-order valence-corrected chi connectivity index (χ0v) is 13.3. The number of aromatic carboxylic acids is 1. The summed E-state index contributed by atoms with van der Waals surface area (Å²) in [7, 11) is 0. The molecule has 1 unspecified atom stereocenters. The zero-order valence-electron chi connectivity index (χ0n) is 11.7. The molecule has 1 fully saturated rings. The normalized spacial score (nSPS) is 18.2. The van der Waals surface area contributed by atoms with Gasteiger partial charge in [-0.3, -0.25) is 4.79 Å². The van der Waals surface area contributed by atoms with Crippen molar-refractivity contribution >= 4 is 35.4 Å². The van der Waals surface area contributed by atoms with Gasteiger partial charge in [0.15, 0.2) is 0 Å². The summed E-state index contributed by atoms with van der Waals surface area (Å²) in [5.74, 6) is 2.58. The van der Waals surface area contributed by atoms with E-state index in [1.54, 1.807) is 24.3 Å². The molecule has 1 heterocycles. The highest BCUT2D eigenvalue weighted by Crippen LogP contribution is 2.26. The lowest BCUT2D eigenvalue weighted by atomic mass is 10.1. The Morgan fingerprint density at radius 2 is 2.00 bits per heavy atom. The van der Waals surface area contributed by atoms with Crippen molar-refractivity contribution in [3.63, 3.8) is 0 Å². The summed E-state index contributed by atoms with van der Waals surface area (Å²) < 4.78 is 0. The number of carboxylic acid groups (broad SMARTS) is 1. The molecule has 1 amide bonds. The second-order valence-electron chi connectivity index (χ2n) is 4.87. The van der Waals surface area contributed by atoms with E-state index in [1.165, 1.54) is 5.75 Å². The summed E-state index contributed by atoms with van der Waals surface area (Å²) in [6.07, 6.45) is 1.31. The number of nitrogens with one attached hydrogen (secondary N) is 1. The van der Waals surface area contributed by atoms with Crippen LogP contribution in [-0.2, 0) is 11.2 Å². The highest BCUT2D eigenvalue weighted by molar-refractivity contribution is 8.06. The molecule has 2 rings (SSSR count). The van der Waals surface area contributed by atoms with Gasteiger partial charge in [0, 0.05) is 35.5 Å². The second-order valence-corrected chi connectivity index (χ2v) is 7.43. The average Bonchev–Trinajstić information content (AvgIpc) is 2.49. The molecule has 0 aromatic heterocycles. The van der Waals surface area contributed by atoms with Crippen molar-refractivity contribution in [1.82, 2.24) is 5.32 Å². The summed E-state index contributed by atoms with van der Waals surface area (Å²) >= 11 is 3.81. The number of carbonyl (C=O) groups excluding carboxylic acids is 1. The molecule has 0 radical (unpaired) electrons. The molecule has 2 N–H and O–H groups in total. The second kappa shape index (κ2) is 8.34. The van der Waals surface area contributed by atoms with Crippen molar-refractivity contribution in [2.45, 2.75) is 18.1 Å². The molecule has 21 heavy (non-hydrogen) atoms. The van der Waals surface area contributed by atoms with Crippen LogP contribution in [0.1, 0.15) is 22.3 Å². The quantitative estimate of drug-likeness (QED) is 0.840. The molecular weight excluding hydrogens is 306 g/mol. The fraction of sp³-hybridized carbons (Fsp3) is 0.467. The van der Waals surface area contributed by atoms with E-state index >= 15 is 0 Å². The van der Waals surface area contributed by atoms with Crippen LogP contribution < -0.4 is 5.32 Å². The molecular formula is C15H19NO3S2. The van der Waals surface area contributed by atoms with E-state index in [4.69, 9.17) is 5.11 Å². The van der Waals surface area contributed by atoms with Gasteiger partial charge < -0.3 is 10.4 Å². The Kier molecular flexibility index (Phi) is 6.45. The number of hydrogen-bond donors (Lipinski definition) is 2. The molecule has 6 heteroatoms. The minimum Gasteiger partial charge on any atom is -0.478 e. The molecule has 4 nitrogen and oxygen atoms in total. The highest BCUT2D eigenvalue weighted by Gasteiger charge is 2.17. The first kappa shape index (κ1) is 16.2. The minimum atomic E-state index is -0.919. The van der Waals surface area contributed by atoms with E-state index in [-0.39, 0.29) is 11.5 Å². The van der Waals surface area contributed by atoms with E-state index in [0.717, 1.165) is 23.5 Å². The molecule has 1 aromatic rings. The van der Waals surface area contributed by atoms with Crippen molar-refractivity contribution in [2.75, 3.05) is 23.8 Å². The summed E-state index contributed by atoms with van der Waals surface area (Å²) in [5.41, 5.74) is 1.32. The van der Waals surface area contributed by atoms with Gasteiger partial charge in [-0.2, -0.15) is 23.5 Å². The number of rotatable bonds is 6. The average molecular weight is 325 g/mol. The van der Waals surface area contributed by atoms with Crippen LogP contribution in [-0.4, -0.2) is 46.0 Å². The molecule has 1 aliphatic rings. The van der Waals surface area contributed by atoms with Crippen LogP contribution in [0.15, 0.2) is 24.3 Å². The summed E-state index contributed by atoms with van der Waals surface area (Å²) in [6, 6.07) is 6.78. The molecule has 1 aromatic carbocycles. The van der Waals surface area contributed by atoms with E-state index in [2.05, 4.69) is 5.32 Å². The molecule has 0 aliphatic carbocycles. The first-order chi connectivity index (χ1) is 10.1. The van der Waals surface area contributed by atoms with Gasteiger partial charge in [0.2, 0.25) is 5.91 Å². The first-order valence-corrected chi connectivity index (χ1v) is 9.14. The van der Waals surface area contributed by atoms with Crippen LogP contribution in [0.4, 0.5) is 0 Å². The lowest BCUT2D eigenvalue weighted by molar-refractivity contribution is -0.120. The third kappa shape index (κ3) is 5.63. The van der Waals surface area contributed by atoms with Gasteiger partial charge in [-0.1, -0.05) is 12.1 Å². The SMILES string of the molecule is O=C(CC1CSCCS1)NCCc1ccc(C(=O)O)cc1. The third-order valence-corrected chi connectivity index (χ3v) is 6.08. The zero-order chi connectivity index (χ0) is 15.1. The topological polar surface area (TPSA) is 66.4 Å². The van der Waals surface area contributed by atoms with E-state index in [0.29, 0.717) is 18.2 Å². The minimum absolute atomic E-state index is 0.108. The largest absolute Gasteiger partial charge is 0.478 e. The van der Waals surface area contributed by atoms with Gasteiger partial charge in [0.05, 0.1) is 5.56 Å². The summed E-state index contributed by atoms with van der Waals surface area (Å²) in [4.78, 5) is 22.6. The molecule has 0 bridgehead atoms. The lowest BCUT2D eigenvalue weighted by Crippen LogP contribution is -2.30. The molecule has 1 atom stereocenters. The summed E-state index contributed by atoms with van der Waals surface area (Å²) in [6.45, 7) is 0.593. The Morgan fingerprint density at radius 1 is 1.24 bits per heavy atom. The summed E-state index contributed by atoms with van der Waals surface area (Å²) in [5, 5.41) is 12.2. The predicted octanol–water partition coefficient (Wildman–Crippen LogP) is 2.28. The van der Waals surface area contributed by atoms with E-state index in [1.807, 2.05) is 23.5 Å². The molecule has 1 aliphatic heterocycles. The molecule has 1 saturated heterocycles. The van der Waals surface area contributed by atoms with Crippen molar-refractivity contribution in [3.8, 4) is 0 Å². The van der Waals surface area contributed by atoms with Crippen molar-refractivity contribution in [3.05, 3.63) is 35.4 Å². The Hall–Kier alpha value is -1.14. The third-order valence-electron chi connectivity index (χ3n) is 3.23. The predicted molar refractivity (Wildman–Crippen MR) is 88.3 cm³/mol. The van der Waals surface area contributed by atoms with Gasteiger partial charge in [0.1, 0.15) is 0 Å². The van der Waals surface area contributed by atoms with Gasteiger partial charge in [-0.15, -0.1) is 0 Å². The number of amides is 1. The maximum atomic E-state index is 11.8.